The van der Waals surface area contributed by atoms with Gasteiger partial charge in [0.2, 0.25) is 0 Å². The van der Waals surface area contributed by atoms with Crippen LogP contribution in [0.1, 0.15) is 59.9 Å². The van der Waals surface area contributed by atoms with Crippen LogP contribution in [0.5, 0.6) is 11.5 Å². The third-order valence-electron chi connectivity index (χ3n) is 11.2. The van der Waals surface area contributed by atoms with Crippen molar-refractivity contribution in [3.8, 4) is 11.5 Å². The zero-order valence-electron chi connectivity index (χ0n) is 31.4. The Labute approximate surface area is 315 Å². The van der Waals surface area contributed by atoms with Gasteiger partial charge in [0.05, 0.1) is 38.2 Å². The molecule has 0 aliphatic carbocycles. The fourth-order valence-corrected chi connectivity index (χ4v) is 8.45. The number of rotatable bonds is 13. The lowest BCUT2D eigenvalue weighted by Gasteiger charge is -2.38. The van der Waals surface area contributed by atoms with Gasteiger partial charge < -0.3 is 29.5 Å². The highest BCUT2D eigenvalue weighted by Gasteiger charge is 2.65. The second-order valence-corrected chi connectivity index (χ2v) is 14.7. The van der Waals surface area contributed by atoms with Crippen molar-refractivity contribution in [2.75, 3.05) is 31.0 Å². The van der Waals surface area contributed by atoms with Crippen molar-refractivity contribution in [3.05, 3.63) is 131 Å². The number of nitrogens with zero attached hydrogens (tertiary/aromatic N) is 4. The summed E-state index contributed by atoms with van der Waals surface area (Å²) in [5.74, 6) is 0.898. The molecule has 11 heteroatoms. The Morgan fingerprint density at radius 1 is 0.944 bits per heavy atom. The van der Waals surface area contributed by atoms with E-state index in [-0.39, 0.29) is 41.8 Å². The lowest BCUT2D eigenvalue weighted by atomic mass is 9.63. The average molecular weight is 730 g/mol. The molecule has 0 unspecified atom stereocenters. The summed E-state index contributed by atoms with van der Waals surface area (Å²) < 4.78 is 19.7. The van der Waals surface area contributed by atoms with Gasteiger partial charge in [-0.15, -0.1) is 5.10 Å². The highest BCUT2D eigenvalue weighted by Crippen LogP contribution is 2.60. The van der Waals surface area contributed by atoms with E-state index in [4.69, 9.17) is 14.2 Å². The first-order chi connectivity index (χ1) is 26.1. The molecule has 1 spiro atoms. The smallest absolute Gasteiger partial charge is 0.264 e. The molecule has 2 amide bonds. The number of hydrogen-bond donors (Lipinski definition) is 2. The molecule has 2 aliphatic heterocycles. The molecule has 1 aromatic heterocycles. The van der Waals surface area contributed by atoms with Gasteiger partial charge in [0, 0.05) is 54.4 Å². The quantitative estimate of drug-likeness (QED) is 0.140. The van der Waals surface area contributed by atoms with E-state index in [0.717, 1.165) is 33.8 Å². The van der Waals surface area contributed by atoms with Crippen LogP contribution in [0.3, 0.4) is 0 Å². The standard InChI is InChI=1S/C43H47N5O6/c1-28-39(42(2,3)31-14-20-35(53-5)21-15-31)38(22-24-47-27-33(23-25-49)45-46-47)54-43(28)36-8-6-7-9-37(36)48(41(43)51)26-29-10-16-32(17-11-29)44-40(50)30-12-18-34(52-4)19-13-30/h6-21,27-28,38-39,49H,22-26H2,1-5H3,(H,44,50)/t28-,38+,39-,43+/m0/s1. The predicted octanol–water partition coefficient (Wildman–Crippen LogP) is 6.54. The molecule has 5 aromatic rings. The van der Waals surface area contributed by atoms with Gasteiger partial charge in [-0.05, 0) is 77.6 Å². The number of nitrogens with one attached hydrogen (secondary N) is 1. The molecular weight excluding hydrogens is 683 g/mol. The van der Waals surface area contributed by atoms with Crippen LogP contribution >= 0.6 is 0 Å². The molecule has 4 atom stereocenters. The van der Waals surface area contributed by atoms with Gasteiger partial charge in [-0.1, -0.05) is 68.4 Å². The third kappa shape index (κ3) is 6.73. The Hall–Kier alpha value is -5.52. The van der Waals surface area contributed by atoms with Gasteiger partial charge in [0.1, 0.15) is 11.5 Å². The van der Waals surface area contributed by atoms with E-state index in [1.54, 1.807) is 43.2 Å². The molecule has 3 heterocycles. The Morgan fingerprint density at radius 2 is 1.61 bits per heavy atom. The van der Waals surface area contributed by atoms with Crippen LogP contribution in [0.4, 0.5) is 11.4 Å². The summed E-state index contributed by atoms with van der Waals surface area (Å²) in [5, 5.41) is 20.9. The number of anilines is 2. The largest absolute Gasteiger partial charge is 0.497 e. The normalized spacial score (nSPS) is 20.7. The summed E-state index contributed by atoms with van der Waals surface area (Å²) in [6.07, 6.45) is 2.61. The zero-order chi connectivity index (χ0) is 38.0. The summed E-state index contributed by atoms with van der Waals surface area (Å²) in [4.78, 5) is 29.8. The lowest BCUT2D eigenvalue weighted by Crippen LogP contribution is -2.45. The number of aliphatic hydroxyl groups is 1. The van der Waals surface area contributed by atoms with Crippen molar-refractivity contribution < 1.29 is 28.9 Å². The van der Waals surface area contributed by atoms with Gasteiger partial charge in [-0.25, -0.2) is 0 Å². The van der Waals surface area contributed by atoms with Gasteiger partial charge in [-0.2, -0.15) is 0 Å². The molecule has 280 valence electrons. The van der Waals surface area contributed by atoms with E-state index in [1.165, 1.54) is 0 Å². The molecule has 4 aromatic carbocycles. The van der Waals surface area contributed by atoms with E-state index >= 15 is 4.79 Å². The summed E-state index contributed by atoms with van der Waals surface area (Å²) in [6, 6.07) is 30.6. The number of benzene rings is 4. The van der Waals surface area contributed by atoms with Gasteiger partial charge in [0.25, 0.3) is 11.8 Å². The molecule has 2 N–H and O–H groups in total. The minimum atomic E-state index is -1.20. The van der Waals surface area contributed by atoms with Crippen LogP contribution < -0.4 is 19.7 Å². The van der Waals surface area contributed by atoms with Crippen LogP contribution in [-0.4, -0.2) is 58.8 Å². The van der Waals surface area contributed by atoms with Crippen molar-refractivity contribution in [1.29, 1.82) is 0 Å². The van der Waals surface area contributed by atoms with Crippen LogP contribution in [0.2, 0.25) is 0 Å². The Balaban J connectivity index is 1.17. The van der Waals surface area contributed by atoms with Gasteiger partial charge in [-0.3, -0.25) is 14.3 Å². The first-order valence-electron chi connectivity index (χ1n) is 18.4. The molecule has 11 nitrogen and oxygen atoms in total. The predicted molar refractivity (Wildman–Crippen MR) is 206 cm³/mol. The number of carbonyl (C=O) groups is 2. The second-order valence-electron chi connectivity index (χ2n) is 14.7. The number of amides is 2. The Morgan fingerprint density at radius 3 is 2.28 bits per heavy atom. The molecular formula is C43H47N5O6. The van der Waals surface area contributed by atoms with E-state index in [9.17, 15) is 9.90 Å². The molecule has 1 saturated heterocycles. The number of fused-ring (bicyclic) bond motifs is 2. The Bertz CT molecular complexity index is 2100. The molecule has 7 rings (SSSR count). The minimum absolute atomic E-state index is 0.00586. The summed E-state index contributed by atoms with van der Waals surface area (Å²) in [5.41, 5.74) is 4.06. The van der Waals surface area contributed by atoms with Gasteiger partial charge >= 0.3 is 0 Å². The first kappa shape index (κ1) is 36.8. The molecule has 54 heavy (non-hydrogen) atoms. The maximum atomic E-state index is 15.1. The third-order valence-corrected chi connectivity index (χ3v) is 11.2. The van der Waals surface area contributed by atoms with Crippen LogP contribution in [0.15, 0.2) is 103 Å². The van der Waals surface area contributed by atoms with Crippen LogP contribution in [0.25, 0.3) is 0 Å². The monoisotopic (exact) mass is 729 g/mol. The first-order valence-corrected chi connectivity index (χ1v) is 18.4. The molecule has 0 saturated carbocycles. The van der Waals surface area contributed by atoms with Crippen LogP contribution in [-0.2, 0) is 40.1 Å². The zero-order valence-corrected chi connectivity index (χ0v) is 31.4. The number of ether oxygens (including phenoxy) is 3. The number of para-hydroxylation sites is 1. The number of aryl methyl sites for hydroxylation is 1. The summed E-state index contributed by atoms with van der Waals surface area (Å²) in [6.45, 7) is 7.51. The maximum absolute atomic E-state index is 15.1. The summed E-state index contributed by atoms with van der Waals surface area (Å²) >= 11 is 0. The van der Waals surface area contributed by atoms with Crippen molar-refractivity contribution in [3.63, 3.8) is 0 Å². The van der Waals surface area contributed by atoms with Crippen molar-refractivity contribution in [1.82, 2.24) is 15.0 Å². The SMILES string of the molecule is COc1ccc(C(=O)Nc2ccc(CN3C(=O)[C@]4(O[C@H](CCn5cc(CCO)nn5)[C@@H](C(C)(C)c5ccc(OC)cc5)[C@@H]4C)c4ccccc43)cc2)cc1. The molecule has 0 bridgehead atoms. The van der Waals surface area contributed by atoms with Crippen LogP contribution in [0, 0.1) is 11.8 Å². The molecule has 2 aliphatic rings. The number of methoxy groups -OCH3 is 2. The van der Waals surface area contributed by atoms with E-state index < -0.39 is 5.60 Å². The molecule has 0 radical (unpaired) electrons. The fourth-order valence-electron chi connectivity index (χ4n) is 8.45. The molecule has 1 fully saturated rings. The van der Waals surface area contributed by atoms with Crippen molar-refractivity contribution in [2.24, 2.45) is 11.8 Å². The highest BCUT2D eigenvalue weighted by atomic mass is 16.5. The second kappa shape index (κ2) is 15.1. The highest BCUT2D eigenvalue weighted by molar-refractivity contribution is 6.07. The number of aliphatic hydroxyl groups excluding tert-OH is 1. The van der Waals surface area contributed by atoms with E-state index in [0.29, 0.717) is 42.9 Å². The lowest BCUT2D eigenvalue weighted by molar-refractivity contribution is -0.146. The van der Waals surface area contributed by atoms with Gasteiger partial charge in [0.15, 0.2) is 5.60 Å². The topological polar surface area (TPSA) is 128 Å². The van der Waals surface area contributed by atoms with Crippen molar-refractivity contribution in [2.45, 2.75) is 63.8 Å². The number of aromatic nitrogens is 3. The average Bonchev–Trinajstić information content (AvgIpc) is 3.84. The van der Waals surface area contributed by atoms with E-state index in [2.05, 4.69) is 48.5 Å². The van der Waals surface area contributed by atoms with E-state index in [1.807, 2.05) is 71.8 Å². The maximum Gasteiger partial charge on any atom is 0.264 e. The number of carbonyl (C=O) groups excluding carboxylic acids is 2. The summed E-state index contributed by atoms with van der Waals surface area (Å²) in [7, 11) is 3.25. The minimum Gasteiger partial charge on any atom is -0.497 e. The number of hydrogen-bond acceptors (Lipinski definition) is 8. The van der Waals surface area contributed by atoms with Crippen molar-refractivity contribution >= 4 is 23.2 Å². The fraction of sp³-hybridized carbons (Fsp3) is 0.349. The Kier molecular flexibility index (Phi) is 10.3.